The lowest BCUT2D eigenvalue weighted by Gasteiger charge is -2.08. The maximum Gasteiger partial charge on any atom is 0.302 e. The zero-order chi connectivity index (χ0) is 18.4. The van der Waals surface area contributed by atoms with Gasteiger partial charge < -0.3 is 10.5 Å². The summed E-state index contributed by atoms with van der Waals surface area (Å²) in [6.07, 6.45) is 0. The van der Waals surface area contributed by atoms with Gasteiger partial charge in [-0.15, -0.1) is 11.8 Å². The summed E-state index contributed by atoms with van der Waals surface area (Å²) in [6, 6.07) is 11.5. The number of esters is 1. The second-order valence-electron chi connectivity index (χ2n) is 5.15. The van der Waals surface area contributed by atoms with Crippen molar-refractivity contribution in [2.75, 3.05) is 0 Å². The van der Waals surface area contributed by atoms with Crippen molar-refractivity contribution in [2.45, 2.75) is 24.2 Å². The number of nitro groups is 1. The van der Waals surface area contributed by atoms with Crippen LogP contribution in [0.25, 0.3) is 0 Å². The predicted octanol–water partition coefficient (Wildman–Crippen LogP) is 3.05. The number of nitro benzene ring substituents is 1. The van der Waals surface area contributed by atoms with Gasteiger partial charge in [-0.05, 0) is 23.3 Å². The molecule has 0 aliphatic heterocycles. The zero-order valence-corrected chi connectivity index (χ0v) is 14.2. The van der Waals surface area contributed by atoms with Crippen LogP contribution >= 0.6 is 11.8 Å². The van der Waals surface area contributed by atoms with Gasteiger partial charge in [0, 0.05) is 24.3 Å². The smallest absolute Gasteiger partial charge is 0.302 e. The van der Waals surface area contributed by atoms with Gasteiger partial charge in [0.25, 0.3) is 5.69 Å². The molecule has 0 bridgehead atoms. The van der Waals surface area contributed by atoms with Crippen molar-refractivity contribution in [3.05, 3.63) is 69.3 Å². The minimum Gasteiger partial charge on any atom is -0.461 e. The van der Waals surface area contributed by atoms with E-state index >= 15 is 0 Å². The van der Waals surface area contributed by atoms with Gasteiger partial charge in [-0.2, -0.15) is 0 Å². The van der Waals surface area contributed by atoms with Crippen LogP contribution in [0.2, 0.25) is 0 Å². The summed E-state index contributed by atoms with van der Waals surface area (Å²) in [5.74, 6) is -0.630. The standard InChI is InChI=1S/C17H16N2O5S/c1-11(20)24-9-12-6-7-16(15(8-12)19(22)23)25-10-13-4-2-3-5-14(13)17(18)21/h2-8H,9-10H2,1H3,(H2,18,21). The van der Waals surface area contributed by atoms with Gasteiger partial charge in [0.05, 0.1) is 9.82 Å². The molecule has 7 nitrogen and oxygen atoms in total. The van der Waals surface area contributed by atoms with E-state index in [1.807, 2.05) is 0 Å². The van der Waals surface area contributed by atoms with E-state index in [1.165, 1.54) is 24.8 Å². The number of rotatable bonds is 7. The van der Waals surface area contributed by atoms with E-state index < -0.39 is 16.8 Å². The molecule has 0 heterocycles. The van der Waals surface area contributed by atoms with E-state index in [1.54, 1.807) is 36.4 Å². The molecule has 0 saturated heterocycles. The fourth-order valence-corrected chi connectivity index (χ4v) is 3.15. The Morgan fingerprint density at radius 1 is 1.24 bits per heavy atom. The zero-order valence-electron chi connectivity index (χ0n) is 13.4. The quantitative estimate of drug-likeness (QED) is 0.351. The second-order valence-corrected chi connectivity index (χ2v) is 6.17. The molecule has 1 amide bonds. The Balaban J connectivity index is 2.20. The second kappa shape index (κ2) is 8.29. The van der Waals surface area contributed by atoms with Crippen LogP contribution in [0.3, 0.4) is 0 Å². The number of amides is 1. The van der Waals surface area contributed by atoms with Crippen LogP contribution < -0.4 is 5.73 Å². The highest BCUT2D eigenvalue weighted by Gasteiger charge is 2.17. The molecular formula is C17H16N2O5S. The highest BCUT2D eigenvalue weighted by Crippen LogP contribution is 2.33. The summed E-state index contributed by atoms with van der Waals surface area (Å²) in [4.78, 5) is 33.6. The maximum atomic E-state index is 11.4. The molecular weight excluding hydrogens is 344 g/mol. The number of carbonyl (C=O) groups is 2. The van der Waals surface area contributed by atoms with E-state index in [0.29, 0.717) is 27.3 Å². The number of primary amides is 1. The van der Waals surface area contributed by atoms with Gasteiger partial charge in [-0.3, -0.25) is 19.7 Å². The summed E-state index contributed by atoms with van der Waals surface area (Å²) < 4.78 is 4.85. The number of hydrogen-bond donors (Lipinski definition) is 1. The normalized spacial score (nSPS) is 10.3. The summed E-state index contributed by atoms with van der Waals surface area (Å²) in [5.41, 5.74) is 6.89. The highest BCUT2D eigenvalue weighted by molar-refractivity contribution is 7.98. The Morgan fingerprint density at radius 3 is 2.60 bits per heavy atom. The van der Waals surface area contributed by atoms with Gasteiger partial charge in [-0.25, -0.2) is 0 Å². The molecule has 0 aliphatic carbocycles. The van der Waals surface area contributed by atoms with Crippen molar-refractivity contribution in [3.8, 4) is 0 Å². The van der Waals surface area contributed by atoms with Crippen molar-refractivity contribution in [3.63, 3.8) is 0 Å². The number of nitrogens with zero attached hydrogens (tertiary/aromatic N) is 1. The molecule has 2 rings (SSSR count). The molecule has 2 aromatic carbocycles. The van der Waals surface area contributed by atoms with Crippen LogP contribution in [-0.2, 0) is 21.9 Å². The Kier molecular flexibility index (Phi) is 6.13. The molecule has 0 fully saturated rings. The topological polar surface area (TPSA) is 113 Å². The van der Waals surface area contributed by atoms with Crippen molar-refractivity contribution in [2.24, 2.45) is 5.73 Å². The molecule has 0 spiro atoms. The molecule has 0 unspecified atom stereocenters. The van der Waals surface area contributed by atoms with Crippen LogP contribution in [-0.4, -0.2) is 16.8 Å². The monoisotopic (exact) mass is 360 g/mol. The van der Waals surface area contributed by atoms with Crippen molar-refractivity contribution in [1.82, 2.24) is 0 Å². The molecule has 2 N–H and O–H groups in total. The van der Waals surface area contributed by atoms with Crippen LogP contribution in [0, 0.1) is 10.1 Å². The number of hydrogen-bond acceptors (Lipinski definition) is 6. The van der Waals surface area contributed by atoms with Crippen LogP contribution in [0.4, 0.5) is 5.69 Å². The lowest BCUT2D eigenvalue weighted by atomic mass is 10.1. The number of benzene rings is 2. The van der Waals surface area contributed by atoms with Gasteiger partial charge >= 0.3 is 5.97 Å². The molecule has 0 saturated carbocycles. The first-order valence-corrected chi connectivity index (χ1v) is 8.28. The van der Waals surface area contributed by atoms with Crippen molar-refractivity contribution in [1.29, 1.82) is 0 Å². The first-order valence-electron chi connectivity index (χ1n) is 7.29. The van der Waals surface area contributed by atoms with Gasteiger partial charge in [-0.1, -0.05) is 24.3 Å². The van der Waals surface area contributed by atoms with Crippen molar-refractivity contribution >= 4 is 29.3 Å². The minimum atomic E-state index is -0.539. The molecule has 0 aliphatic rings. The van der Waals surface area contributed by atoms with Gasteiger partial charge in [0.15, 0.2) is 0 Å². The average Bonchev–Trinajstić information content (AvgIpc) is 2.58. The first-order chi connectivity index (χ1) is 11.9. The highest BCUT2D eigenvalue weighted by atomic mass is 32.2. The van der Waals surface area contributed by atoms with E-state index in [4.69, 9.17) is 10.5 Å². The summed E-state index contributed by atoms with van der Waals surface area (Å²) in [6.45, 7) is 1.25. The Bertz CT molecular complexity index is 822. The van der Waals surface area contributed by atoms with E-state index in [0.717, 1.165) is 0 Å². The molecule has 130 valence electrons. The predicted molar refractivity (Wildman–Crippen MR) is 93.1 cm³/mol. The lowest BCUT2D eigenvalue weighted by molar-refractivity contribution is -0.387. The number of thioether (sulfide) groups is 1. The average molecular weight is 360 g/mol. The summed E-state index contributed by atoms with van der Waals surface area (Å²) >= 11 is 1.24. The Morgan fingerprint density at radius 2 is 1.96 bits per heavy atom. The van der Waals surface area contributed by atoms with Gasteiger partial charge in [0.1, 0.15) is 6.61 Å². The molecule has 25 heavy (non-hydrogen) atoms. The van der Waals surface area contributed by atoms with E-state index in [-0.39, 0.29) is 12.3 Å². The van der Waals surface area contributed by atoms with Crippen LogP contribution in [0.1, 0.15) is 28.4 Å². The minimum absolute atomic E-state index is 0.0222. The van der Waals surface area contributed by atoms with Crippen LogP contribution in [0.15, 0.2) is 47.4 Å². The fourth-order valence-electron chi connectivity index (χ4n) is 2.14. The van der Waals surface area contributed by atoms with Crippen LogP contribution in [0.5, 0.6) is 0 Å². The number of nitrogens with two attached hydrogens (primary N) is 1. The molecule has 2 aromatic rings. The molecule has 0 radical (unpaired) electrons. The Hall–Kier alpha value is -2.87. The summed E-state index contributed by atoms with van der Waals surface area (Å²) in [5, 5.41) is 11.3. The molecule has 8 heteroatoms. The Labute approximate surface area is 148 Å². The molecule has 0 atom stereocenters. The SMILES string of the molecule is CC(=O)OCc1ccc(SCc2ccccc2C(N)=O)c([N+](=O)[O-])c1. The van der Waals surface area contributed by atoms with Gasteiger partial charge in [0.2, 0.25) is 5.91 Å². The van der Waals surface area contributed by atoms with Crippen molar-refractivity contribution < 1.29 is 19.2 Å². The van der Waals surface area contributed by atoms with E-state index in [9.17, 15) is 19.7 Å². The van der Waals surface area contributed by atoms with E-state index in [2.05, 4.69) is 0 Å². The molecule has 0 aromatic heterocycles. The largest absolute Gasteiger partial charge is 0.461 e. The third-order valence-corrected chi connectivity index (χ3v) is 4.44. The third-order valence-electron chi connectivity index (χ3n) is 3.33. The number of carbonyl (C=O) groups excluding carboxylic acids is 2. The fraction of sp³-hybridized carbons (Fsp3) is 0.176. The number of ether oxygens (including phenoxy) is 1. The lowest BCUT2D eigenvalue weighted by Crippen LogP contribution is -2.13. The first kappa shape index (κ1) is 18.5. The summed E-state index contributed by atoms with van der Waals surface area (Å²) in [7, 11) is 0. The third kappa shape index (κ3) is 5.05. The maximum absolute atomic E-state index is 11.4.